The zero-order valence-corrected chi connectivity index (χ0v) is 14.0. The Balaban J connectivity index is 2.22. The molecule has 2 aromatic rings. The van der Waals surface area contributed by atoms with Crippen LogP contribution in [0.15, 0.2) is 30.3 Å². The average molecular weight is 337 g/mol. The molecule has 0 saturated carbocycles. The molecule has 0 radical (unpaired) electrons. The van der Waals surface area contributed by atoms with Crippen molar-refractivity contribution in [3.8, 4) is 5.69 Å². The number of para-hydroxylation sites is 1. The average Bonchev–Trinajstić information content (AvgIpc) is 2.94. The number of sulfone groups is 1. The lowest BCUT2D eigenvalue weighted by Crippen LogP contribution is -2.41. The van der Waals surface area contributed by atoms with Crippen molar-refractivity contribution in [3.63, 3.8) is 0 Å². The van der Waals surface area contributed by atoms with Crippen LogP contribution in [0.2, 0.25) is 0 Å². The molecular weight excluding hydrogens is 318 g/mol. The maximum atomic E-state index is 12.4. The highest BCUT2D eigenvalue weighted by Crippen LogP contribution is 2.13. The molecule has 0 fully saturated rings. The molecule has 1 unspecified atom stereocenters. The number of benzene rings is 1. The second-order valence-corrected chi connectivity index (χ2v) is 7.78. The normalized spacial score (nSPS) is 13.0. The van der Waals surface area contributed by atoms with Gasteiger partial charge in [0.15, 0.2) is 15.7 Å². The third kappa shape index (κ3) is 4.13. The first-order valence-electron chi connectivity index (χ1n) is 7.16. The Hall–Kier alpha value is -2.29. The van der Waals surface area contributed by atoms with Crippen LogP contribution >= 0.6 is 0 Å². The summed E-state index contributed by atoms with van der Waals surface area (Å²) in [6, 6.07) is 8.84. The lowest BCUT2D eigenvalue weighted by atomic mass is 10.3. The van der Waals surface area contributed by atoms with Crippen molar-refractivity contribution in [1.82, 2.24) is 25.5 Å². The van der Waals surface area contributed by atoms with Crippen LogP contribution in [0, 0.1) is 0 Å². The van der Waals surface area contributed by atoms with Crippen molar-refractivity contribution >= 4 is 15.7 Å². The number of hydrogen-bond donors (Lipinski definition) is 1. The highest BCUT2D eigenvalue weighted by Gasteiger charge is 2.30. The Labute approximate surface area is 134 Å². The summed E-state index contributed by atoms with van der Waals surface area (Å²) in [5, 5.41) is 12.5. The summed E-state index contributed by atoms with van der Waals surface area (Å²) in [4.78, 5) is 11.9. The molecule has 0 spiro atoms. The van der Waals surface area contributed by atoms with Crippen LogP contribution in [0.4, 0.5) is 0 Å². The zero-order valence-electron chi connectivity index (χ0n) is 13.2. The number of aromatic nitrogens is 4. The molecule has 23 heavy (non-hydrogen) atoms. The molecule has 124 valence electrons. The molecule has 1 aromatic carbocycles. The molecule has 1 N–H and O–H groups in total. The van der Waals surface area contributed by atoms with Gasteiger partial charge >= 0.3 is 0 Å². The summed E-state index contributed by atoms with van der Waals surface area (Å²) >= 11 is 0. The van der Waals surface area contributed by atoms with Crippen LogP contribution in [0.3, 0.4) is 0 Å². The van der Waals surface area contributed by atoms with E-state index in [9.17, 15) is 13.2 Å². The lowest BCUT2D eigenvalue weighted by molar-refractivity contribution is -0.120. The van der Waals surface area contributed by atoms with E-state index in [0.717, 1.165) is 0 Å². The van der Waals surface area contributed by atoms with E-state index in [4.69, 9.17) is 0 Å². The molecule has 9 heteroatoms. The predicted molar refractivity (Wildman–Crippen MR) is 84.5 cm³/mol. The monoisotopic (exact) mass is 337 g/mol. The number of carbonyl (C=O) groups is 1. The summed E-state index contributed by atoms with van der Waals surface area (Å²) in [5.41, 5.74) is 0.655. The molecule has 2 rings (SSSR count). The van der Waals surface area contributed by atoms with Crippen LogP contribution in [0.1, 0.15) is 26.6 Å². The predicted octanol–water partition coefficient (Wildman–Crippen LogP) is 0.490. The Morgan fingerprint density at radius 2 is 1.87 bits per heavy atom. The molecule has 0 bridgehead atoms. The summed E-state index contributed by atoms with van der Waals surface area (Å²) < 4.78 is 26.2. The van der Waals surface area contributed by atoms with E-state index >= 15 is 0 Å². The maximum Gasteiger partial charge on any atom is 0.238 e. The minimum atomic E-state index is -3.73. The van der Waals surface area contributed by atoms with Crippen molar-refractivity contribution in [2.75, 3.05) is 0 Å². The Bertz CT molecular complexity index is 771. The molecular formula is C14H19N5O3S. The number of carbonyl (C=O) groups excluding carboxylic acids is 1. The van der Waals surface area contributed by atoms with Crippen LogP contribution in [0.5, 0.6) is 0 Å². The van der Waals surface area contributed by atoms with Gasteiger partial charge in [0.25, 0.3) is 0 Å². The molecule has 1 aromatic heterocycles. The van der Waals surface area contributed by atoms with Crippen LogP contribution < -0.4 is 5.32 Å². The Morgan fingerprint density at radius 3 is 2.48 bits per heavy atom. The van der Waals surface area contributed by atoms with Gasteiger partial charge in [0, 0.05) is 6.04 Å². The van der Waals surface area contributed by atoms with E-state index in [1.807, 2.05) is 6.07 Å². The van der Waals surface area contributed by atoms with Crippen molar-refractivity contribution in [1.29, 1.82) is 0 Å². The number of amides is 1. The largest absolute Gasteiger partial charge is 0.353 e. The third-order valence-electron chi connectivity index (χ3n) is 3.20. The van der Waals surface area contributed by atoms with Gasteiger partial charge in [-0.2, -0.15) is 4.68 Å². The minimum absolute atomic E-state index is 0.130. The summed E-state index contributed by atoms with van der Waals surface area (Å²) in [7, 11) is -3.73. The molecule has 0 aliphatic carbocycles. The fourth-order valence-corrected chi connectivity index (χ4v) is 3.12. The topological polar surface area (TPSA) is 107 Å². The molecule has 0 saturated heterocycles. The highest BCUT2D eigenvalue weighted by molar-refractivity contribution is 7.92. The summed E-state index contributed by atoms with van der Waals surface area (Å²) in [5.74, 6) is -0.777. The van der Waals surface area contributed by atoms with Gasteiger partial charge in [-0.25, -0.2) is 8.42 Å². The second-order valence-electron chi connectivity index (χ2n) is 5.46. The van der Waals surface area contributed by atoms with Crippen molar-refractivity contribution in [2.24, 2.45) is 0 Å². The number of rotatable bonds is 6. The van der Waals surface area contributed by atoms with Crippen molar-refractivity contribution in [2.45, 2.75) is 37.8 Å². The quantitative estimate of drug-likeness (QED) is 0.822. The van der Waals surface area contributed by atoms with Crippen molar-refractivity contribution < 1.29 is 13.2 Å². The Morgan fingerprint density at radius 1 is 1.22 bits per heavy atom. The van der Waals surface area contributed by atoms with Gasteiger partial charge in [-0.15, -0.1) is 5.10 Å². The number of nitrogens with one attached hydrogen (secondary N) is 1. The first-order valence-corrected chi connectivity index (χ1v) is 8.87. The van der Waals surface area contributed by atoms with E-state index in [-0.39, 0.29) is 11.9 Å². The summed E-state index contributed by atoms with van der Waals surface area (Å²) in [6.07, 6.45) is 0. The van der Waals surface area contributed by atoms with Gasteiger partial charge < -0.3 is 5.32 Å². The van der Waals surface area contributed by atoms with Gasteiger partial charge in [-0.3, -0.25) is 4.79 Å². The third-order valence-corrected chi connectivity index (χ3v) is 5.16. The maximum absolute atomic E-state index is 12.4. The first-order chi connectivity index (χ1) is 10.8. The SMILES string of the molecule is CC(C)NC(=O)C(C)S(=O)(=O)Cc1nnnn1-c1ccccc1. The minimum Gasteiger partial charge on any atom is -0.353 e. The summed E-state index contributed by atoms with van der Waals surface area (Å²) in [6.45, 7) is 4.91. The Kier molecular flexibility index (Phi) is 5.09. The van der Waals surface area contributed by atoms with Gasteiger partial charge in [-0.1, -0.05) is 18.2 Å². The van der Waals surface area contributed by atoms with E-state index in [1.54, 1.807) is 38.1 Å². The fourth-order valence-electron chi connectivity index (χ4n) is 1.94. The van der Waals surface area contributed by atoms with Gasteiger partial charge in [0.1, 0.15) is 11.0 Å². The second kappa shape index (κ2) is 6.86. The van der Waals surface area contributed by atoms with Crippen LogP contribution in [0.25, 0.3) is 5.69 Å². The zero-order chi connectivity index (χ0) is 17.0. The smallest absolute Gasteiger partial charge is 0.238 e. The van der Waals surface area contributed by atoms with E-state index in [0.29, 0.717) is 5.69 Å². The highest BCUT2D eigenvalue weighted by atomic mass is 32.2. The van der Waals surface area contributed by atoms with E-state index in [2.05, 4.69) is 20.8 Å². The molecule has 1 atom stereocenters. The molecule has 1 heterocycles. The van der Waals surface area contributed by atoms with E-state index in [1.165, 1.54) is 11.6 Å². The number of hydrogen-bond acceptors (Lipinski definition) is 6. The molecule has 0 aliphatic heterocycles. The molecule has 1 amide bonds. The number of tetrazole rings is 1. The lowest BCUT2D eigenvalue weighted by Gasteiger charge is -2.15. The van der Waals surface area contributed by atoms with Gasteiger partial charge in [0.2, 0.25) is 5.91 Å². The molecule has 0 aliphatic rings. The van der Waals surface area contributed by atoms with Crippen molar-refractivity contribution in [3.05, 3.63) is 36.2 Å². The first kappa shape index (κ1) is 17.1. The molecule has 8 nitrogen and oxygen atoms in total. The van der Waals surface area contributed by atoms with Gasteiger partial charge in [-0.05, 0) is 43.3 Å². The number of nitrogens with zero attached hydrogens (tertiary/aromatic N) is 4. The van der Waals surface area contributed by atoms with Gasteiger partial charge in [0.05, 0.1) is 5.69 Å². The standard InChI is InChI=1S/C14H19N5O3S/c1-10(2)15-14(20)11(3)23(21,22)9-13-16-17-18-19(13)12-7-5-4-6-8-12/h4-8,10-11H,9H2,1-3H3,(H,15,20). The van der Waals surface area contributed by atoms with E-state index < -0.39 is 26.7 Å². The fraction of sp³-hybridized carbons (Fsp3) is 0.429. The van der Waals surface area contributed by atoms with Crippen LogP contribution in [-0.4, -0.2) is 45.8 Å². The van der Waals surface area contributed by atoms with Crippen LogP contribution in [-0.2, 0) is 20.4 Å².